The molecule has 0 radical (unpaired) electrons. The molecule has 0 fully saturated rings. The number of primary sulfonamides is 1. The zero-order chi connectivity index (χ0) is 12.3. The molecule has 0 aliphatic heterocycles. The van der Waals surface area contributed by atoms with Gasteiger partial charge in [0.25, 0.3) is 0 Å². The third kappa shape index (κ3) is 3.02. The Bertz CT molecular complexity index is 594. The highest BCUT2D eigenvalue weighted by Crippen LogP contribution is 2.16. The van der Waals surface area contributed by atoms with E-state index in [0.717, 1.165) is 5.69 Å². The van der Waals surface area contributed by atoms with Crippen LogP contribution >= 0.6 is 0 Å². The first-order valence-electron chi connectivity index (χ1n) is 4.87. The summed E-state index contributed by atoms with van der Waals surface area (Å²) in [6.07, 6.45) is 1.67. The zero-order valence-corrected chi connectivity index (χ0v) is 9.68. The van der Waals surface area contributed by atoms with E-state index in [1.165, 1.54) is 12.1 Å². The van der Waals surface area contributed by atoms with E-state index >= 15 is 0 Å². The molecule has 0 unspecified atom stereocenters. The Morgan fingerprint density at radius 2 is 1.76 bits per heavy atom. The van der Waals surface area contributed by atoms with Crippen molar-refractivity contribution in [3.63, 3.8) is 0 Å². The van der Waals surface area contributed by atoms with Crippen LogP contribution in [0.2, 0.25) is 0 Å². The molecule has 1 aromatic heterocycles. The number of aromatic nitrogens is 1. The van der Waals surface area contributed by atoms with Gasteiger partial charge >= 0.3 is 0 Å². The Hall–Kier alpha value is -1.92. The Kier molecular flexibility index (Phi) is 3.08. The van der Waals surface area contributed by atoms with Crippen LogP contribution in [-0.4, -0.2) is 13.4 Å². The van der Waals surface area contributed by atoms with Crippen LogP contribution in [0.25, 0.3) is 0 Å². The van der Waals surface area contributed by atoms with Gasteiger partial charge in [-0.3, -0.25) is 0 Å². The maximum absolute atomic E-state index is 11.0. The molecule has 0 atom stereocenters. The minimum absolute atomic E-state index is 0.0871. The highest BCUT2D eigenvalue weighted by atomic mass is 32.2. The van der Waals surface area contributed by atoms with Crippen LogP contribution < -0.4 is 10.5 Å². The lowest BCUT2D eigenvalue weighted by Crippen LogP contribution is -2.11. The minimum atomic E-state index is -3.64. The van der Waals surface area contributed by atoms with Gasteiger partial charge in [-0.15, -0.1) is 0 Å². The van der Waals surface area contributed by atoms with E-state index in [0.29, 0.717) is 5.82 Å². The predicted octanol–water partition coefficient (Wildman–Crippen LogP) is 1.47. The van der Waals surface area contributed by atoms with E-state index in [2.05, 4.69) is 10.3 Å². The lowest BCUT2D eigenvalue weighted by Gasteiger charge is -2.05. The van der Waals surface area contributed by atoms with E-state index < -0.39 is 10.0 Å². The van der Waals surface area contributed by atoms with Gasteiger partial charge < -0.3 is 5.32 Å². The normalized spacial score (nSPS) is 11.1. The summed E-state index contributed by atoms with van der Waals surface area (Å²) in [5.74, 6) is 0.691. The molecule has 0 saturated heterocycles. The highest BCUT2D eigenvalue weighted by Gasteiger charge is 2.06. The van der Waals surface area contributed by atoms with Gasteiger partial charge in [-0.05, 0) is 36.4 Å². The lowest BCUT2D eigenvalue weighted by atomic mass is 10.3. The van der Waals surface area contributed by atoms with Gasteiger partial charge in [-0.2, -0.15) is 0 Å². The standard InChI is InChI=1S/C11H11N3O2S/c12-17(15,16)10-6-4-9(5-7-10)14-11-3-1-2-8-13-11/h1-8H,(H,13,14)(H2,12,15,16). The average Bonchev–Trinajstić information content (AvgIpc) is 2.30. The van der Waals surface area contributed by atoms with E-state index in [1.54, 1.807) is 18.3 Å². The van der Waals surface area contributed by atoms with Gasteiger partial charge in [0.15, 0.2) is 0 Å². The molecule has 0 saturated carbocycles. The third-order valence-electron chi connectivity index (χ3n) is 2.12. The summed E-state index contributed by atoms with van der Waals surface area (Å²) >= 11 is 0. The van der Waals surface area contributed by atoms with Crippen molar-refractivity contribution in [1.29, 1.82) is 0 Å². The number of pyridine rings is 1. The van der Waals surface area contributed by atoms with Crippen LogP contribution in [0.4, 0.5) is 11.5 Å². The van der Waals surface area contributed by atoms with Crippen LogP contribution in [0, 0.1) is 0 Å². The highest BCUT2D eigenvalue weighted by molar-refractivity contribution is 7.89. The molecule has 0 aliphatic rings. The van der Waals surface area contributed by atoms with Crippen molar-refractivity contribution < 1.29 is 8.42 Å². The summed E-state index contributed by atoms with van der Waals surface area (Å²) in [5.41, 5.74) is 0.746. The monoisotopic (exact) mass is 249 g/mol. The number of hydrogen-bond donors (Lipinski definition) is 2. The second-order valence-corrected chi connectivity index (χ2v) is 4.97. The Balaban J connectivity index is 2.20. The third-order valence-corrected chi connectivity index (χ3v) is 3.05. The minimum Gasteiger partial charge on any atom is -0.340 e. The summed E-state index contributed by atoms with van der Waals surface area (Å²) < 4.78 is 22.1. The number of benzene rings is 1. The van der Waals surface area contributed by atoms with Gasteiger partial charge in [0.1, 0.15) is 5.82 Å². The van der Waals surface area contributed by atoms with E-state index in [4.69, 9.17) is 5.14 Å². The van der Waals surface area contributed by atoms with Gasteiger partial charge in [-0.25, -0.2) is 18.5 Å². The van der Waals surface area contributed by atoms with E-state index in [-0.39, 0.29) is 4.90 Å². The van der Waals surface area contributed by atoms with Gasteiger partial charge in [0.2, 0.25) is 10.0 Å². The first-order valence-corrected chi connectivity index (χ1v) is 6.41. The fourth-order valence-electron chi connectivity index (χ4n) is 1.31. The van der Waals surface area contributed by atoms with Crippen LogP contribution in [0.15, 0.2) is 53.6 Å². The maximum atomic E-state index is 11.0. The van der Waals surface area contributed by atoms with E-state index in [9.17, 15) is 8.42 Å². The Labute approximate surface area is 99.4 Å². The number of nitrogens with zero attached hydrogens (tertiary/aromatic N) is 1. The van der Waals surface area contributed by atoms with Crippen molar-refractivity contribution in [2.45, 2.75) is 4.90 Å². The summed E-state index contributed by atoms with van der Waals surface area (Å²) in [4.78, 5) is 4.18. The van der Waals surface area contributed by atoms with Crippen molar-refractivity contribution in [2.75, 3.05) is 5.32 Å². The van der Waals surface area contributed by atoms with Crippen LogP contribution in [0.3, 0.4) is 0 Å². The smallest absolute Gasteiger partial charge is 0.238 e. The molecule has 0 amide bonds. The fraction of sp³-hybridized carbons (Fsp3) is 0. The molecular weight excluding hydrogens is 238 g/mol. The van der Waals surface area contributed by atoms with Crippen LogP contribution in [-0.2, 0) is 10.0 Å². The number of sulfonamides is 1. The molecule has 88 valence electrons. The first-order chi connectivity index (χ1) is 8.05. The molecule has 3 N–H and O–H groups in total. The van der Waals surface area contributed by atoms with E-state index in [1.807, 2.05) is 18.2 Å². The molecule has 1 heterocycles. The summed E-state index contributed by atoms with van der Waals surface area (Å²) in [5, 5.41) is 8.03. The second kappa shape index (κ2) is 4.52. The Morgan fingerprint density at radius 1 is 1.06 bits per heavy atom. The molecule has 0 bridgehead atoms. The SMILES string of the molecule is NS(=O)(=O)c1ccc(Nc2ccccn2)cc1. The largest absolute Gasteiger partial charge is 0.340 e. The zero-order valence-electron chi connectivity index (χ0n) is 8.87. The van der Waals surface area contributed by atoms with Gasteiger partial charge in [0, 0.05) is 11.9 Å². The van der Waals surface area contributed by atoms with Gasteiger partial charge in [-0.1, -0.05) is 6.07 Å². The topological polar surface area (TPSA) is 85.1 Å². The summed E-state index contributed by atoms with van der Waals surface area (Å²) in [7, 11) is -3.64. The first kappa shape index (κ1) is 11.6. The molecule has 5 nitrogen and oxygen atoms in total. The molecule has 0 aliphatic carbocycles. The summed E-state index contributed by atoms with van der Waals surface area (Å²) in [6, 6.07) is 11.6. The molecule has 2 rings (SSSR count). The van der Waals surface area contributed by atoms with Crippen molar-refractivity contribution in [3.8, 4) is 0 Å². The van der Waals surface area contributed by atoms with Crippen molar-refractivity contribution in [3.05, 3.63) is 48.7 Å². The summed E-state index contributed by atoms with van der Waals surface area (Å²) in [6.45, 7) is 0. The number of anilines is 2. The predicted molar refractivity (Wildman–Crippen MR) is 65.3 cm³/mol. The van der Waals surface area contributed by atoms with Crippen molar-refractivity contribution in [2.24, 2.45) is 5.14 Å². The number of rotatable bonds is 3. The van der Waals surface area contributed by atoms with Crippen LogP contribution in [0.1, 0.15) is 0 Å². The molecule has 1 aromatic carbocycles. The molecule has 0 spiro atoms. The molecule has 2 aromatic rings. The maximum Gasteiger partial charge on any atom is 0.238 e. The quantitative estimate of drug-likeness (QED) is 0.862. The molecule has 6 heteroatoms. The van der Waals surface area contributed by atoms with Crippen LogP contribution in [0.5, 0.6) is 0 Å². The number of nitrogens with two attached hydrogens (primary N) is 1. The number of hydrogen-bond acceptors (Lipinski definition) is 4. The van der Waals surface area contributed by atoms with Crippen molar-refractivity contribution >= 4 is 21.5 Å². The van der Waals surface area contributed by atoms with Crippen molar-refractivity contribution in [1.82, 2.24) is 4.98 Å². The molecular formula is C11H11N3O2S. The Morgan fingerprint density at radius 3 is 2.29 bits per heavy atom. The van der Waals surface area contributed by atoms with Gasteiger partial charge in [0.05, 0.1) is 4.90 Å². The number of nitrogens with one attached hydrogen (secondary N) is 1. The lowest BCUT2D eigenvalue weighted by molar-refractivity contribution is 0.598. The molecule has 17 heavy (non-hydrogen) atoms. The average molecular weight is 249 g/mol. The fourth-order valence-corrected chi connectivity index (χ4v) is 1.83. The second-order valence-electron chi connectivity index (χ2n) is 3.41.